The maximum atomic E-state index is 5.14. The van der Waals surface area contributed by atoms with Gasteiger partial charge in [-0.25, -0.2) is 9.67 Å². The Morgan fingerprint density at radius 2 is 1.45 bits per heavy atom. The van der Waals surface area contributed by atoms with Gasteiger partial charge in [0.25, 0.3) is 0 Å². The molecule has 5 nitrogen and oxygen atoms in total. The van der Waals surface area contributed by atoms with Gasteiger partial charge in [0.2, 0.25) is 0 Å². The van der Waals surface area contributed by atoms with Crippen LogP contribution in [0.4, 0.5) is 0 Å². The molecule has 0 radical (unpaired) electrons. The van der Waals surface area contributed by atoms with Gasteiger partial charge in [0.05, 0.1) is 22.4 Å². The summed E-state index contributed by atoms with van der Waals surface area (Å²) in [6.45, 7) is 13.4. The minimum atomic E-state index is -0.0471. The fourth-order valence-electron chi connectivity index (χ4n) is 5.28. The van der Waals surface area contributed by atoms with Crippen molar-refractivity contribution in [1.82, 2.24) is 23.9 Å². The average molecular weight is 502 g/mol. The van der Waals surface area contributed by atoms with E-state index in [-0.39, 0.29) is 10.8 Å². The first-order chi connectivity index (χ1) is 18.0. The molecule has 6 aromatic rings. The molecule has 0 saturated carbocycles. The topological polar surface area (TPSA) is 40.6 Å². The number of imidazole rings is 1. The van der Waals surface area contributed by atoms with Crippen molar-refractivity contribution in [3.63, 3.8) is 0 Å². The number of hydrogen-bond donors (Lipinski definition) is 0. The molecule has 6 rings (SSSR count). The molecule has 0 aliphatic heterocycles. The number of nitrogens with zero attached hydrogens (tertiary/aromatic N) is 5. The van der Waals surface area contributed by atoms with Gasteiger partial charge in [0, 0.05) is 58.0 Å². The highest BCUT2D eigenvalue weighted by atomic mass is 15.3. The second-order valence-corrected chi connectivity index (χ2v) is 12.3. The van der Waals surface area contributed by atoms with Crippen molar-refractivity contribution in [1.29, 1.82) is 0 Å². The SMILES string of the molecule is Cn1ccnc1-c1cccc(-n2c3ccccc3c3ccc(-n4nc(C(C)(C)C)cc4C(C)(C)C)cc32)c1. The summed E-state index contributed by atoms with van der Waals surface area (Å²) in [5.74, 6) is 0.953. The molecule has 0 fully saturated rings. The van der Waals surface area contributed by atoms with Gasteiger partial charge in [0.15, 0.2) is 0 Å². The third-order valence-electron chi connectivity index (χ3n) is 7.33. The molecule has 192 valence electrons. The molecule has 0 aliphatic carbocycles. The van der Waals surface area contributed by atoms with Gasteiger partial charge < -0.3 is 9.13 Å². The van der Waals surface area contributed by atoms with Crippen molar-refractivity contribution in [2.75, 3.05) is 0 Å². The number of fused-ring (bicyclic) bond motifs is 3. The lowest BCUT2D eigenvalue weighted by atomic mass is 9.88. The summed E-state index contributed by atoms with van der Waals surface area (Å²) in [4.78, 5) is 4.58. The van der Waals surface area contributed by atoms with Crippen LogP contribution in [-0.2, 0) is 17.9 Å². The van der Waals surface area contributed by atoms with Crippen molar-refractivity contribution in [2.45, 2.75) is 52.4 Å². The minimum absolute atomic E-state index is 0.0321. The summed E-state index contributed by atoms with van der Waals surface area (Å²) >= 11 is 0. The zero-order chi connectivity index (χ0) is 26.8. The van der Waals surface area contributed by atoms with Crippen molar-refractivity contribution < 1.29 is 0 Å². The Kier molecular flexibility index (Phi) is 5.39. The Labute approximate surface area is 224 Å². The van der Waals surface area contributed by atoms with Crippen LogP contribution in [0, 0.1) is 0 Å². The largest absolute Gasteiger partial charge is 0.334 e. The molecule has 0 atom stereocenters. The monoisotopic (exact) mass is 501 g/mol. The van der Waals surface area contributed by atoms with Crippen molar-refractivity contribution in [3.8, 4) is 22.8 Å². The molecule has 0 aliphatic rings. The van der Waals surface area contributed by atoms with Gasteiger partial charge in [-0.3, -0.25) is 0 Å². The van der Waals surface area contributed by atoms with Gasteiger partial charge in [-0.2, -0.15) is 5.10 Å². The lowest BCUT2D eigenvalue weighted by Crippen LogP contribution is -2.17. The highest BCUT2D eigenvalue weighted by molar-refractivity contribution is 6.09. The summed E-state index contributed by atoms with van der Waals surface area (Å²) in [6, 6.07) is 26.3. The van der Waals surface area contributed by atoms with Gasteiger partial charge in [-0.1, -0.05) is 77.9 Å². The Hall–Kier alpha value is -4.12. The second kappa shape index (κ2) is 8.45. The number of benzene rings is 3. The normalized spacial score (nSPS) is 12.6. The van der Waals surface area contributed by atoms with E-state index >= 15 is 0 Å². The molecule has 3 aromatic carbocycles. The summed E-state index contributed by atoms with van der Waals surface area (Å²) in [7, 11) is 2.03. The lowest BCUT2D eigenvalue weighted by molar-refractivity contribution is 0.537. The molecule has 5 heteroatoms. The van der Waals surface area contributed by atoms with Crippen LogP contribution in [0.25, 0.3) is 44.6 Å². The van der Waals surface area contributed by atoms with E-state index in [0.29, 0.717) is 0 Å². The molecule has 0 N–H and O–H groups in total. The predicted octanol–water partition coefficient (Wildman–Crippen LogP) is 7.96. The minimum Gasteiger partial charge on any atom is -0.334 e. The first kappa shape index (κ1) is 24.2. The molecule has 3 heterocycles. The maximum absolute atomic E-state index is 5.14. The van der Waals surface area contributed by atoms with Crippen LogP contribution in [0.3, 0.4) is 0 Å². The molecule has 0 saturated heterocycles. The first-order valence-electron chi connectivity index (χ1n) is 13.2. The molecule has 0 spiro atoms. The van der Waals surface area contributed by atoms with Crippen LogP contribution in [0.2, 0.25) is 0 Å². The van der Waals surface area contributed by atoms with E-state index in [0.717, 1.165) is 34.0 Å². The lowest BCUT2D eigenvalue weighted by Gasteiger charge is -2.20. The Bertz CT molecular complexity index is 1800. The summed E-state index contributed by atoms with van der Waals surface area (Å²) in [5, 5.41) is 7.60. The highest BCUT2D eigenvalue weighted by Gasteiger charge is 2.27. The Balaban J connectivity index is 1.62. The first-order valence-corrected chi connectivity index (χ1v) is 13.2. The van der Waals surface area contributed by atoms with E-state index in [1.165, 1.54) is 22.0 Å². The van der Waals surface area contributed by atoms with Crippen LogP contribution in [0.5, 0.6) is 0 Å². The summed E-state index contributed by atoms with van der Waals surface area (Å²) in [5.41, 5.74) is 7.85. The van der Waals surface area contributed by atoms with Crippen LogP contribution >= 0.6 is 0 Å². The molecule has 0 unspecified atom stereocenters. The smallest absolute Gasteiger partial charge is 0.139 e. The standard InChI is InChI=1S/C33H35N5/c1-32(2,3)29-21-30(33(4,5)6)38(35-29)24-15-16-26-25-13-8-9-14-27(25)37(28(26)20-24)23-12-10-11-22(19-23)31-34-17-18-36(31)7/h8-21H,1-7H3. The van der Waals surface area contributed by atoms with Crippen LogP contribution < -0.4 is 0 Å². The van der Waals surface area contributed by atoms with Gasteiger partial charge in [0.1, 0.15) is 5.82 Å². The number of hydrogen-bond acceptors (Lipinski definition) is 2. The van der Waals surface area contributed by atoms with Gasteiger partial charge in [-0.15, -0.1) is 0 Å². The number of aromatic nitrogens is 5. The van der Waals surface area contributed by atoms with Crippen molar-refractivity contribution in [3.05, 3.63) is 96.6 Å². The van der Waals surface area contributed by atoms with Crippen molar-refractivity contribution >= 4 is 21.8 Å². The van der Waals surface area contributed by atoms with E-state index in [9.17, 15) is 0 Å². The van der Waals surface area contributed by atoms with E-state index in [1.807, 2.05) is 19.4 Å². The van der Waals surface area contributed by atoms with E-state index in [2.05, 4.69) is 133 Å². The molecular formula is C33H35N5. The molecule has 3 aromatic heterocycles. The van der Waals surface area contributed by atoms with Gasteiger partial charge >= 0.3 is 0 Å². The third-order valence-corrected chi connectivity index (χ3v) is 7.33. The Morgan fingerprint density at radius 1 is 0.684 bits per heavy atom. The fraction of sp³-hybridized carbons (Fsp3) is 0.273. The fourth-order valence-corrected chi connectivity index (χ4v) is 5.28. The predicted molar refractivity (Wildman–Crippen MR) is 158 cm³/mol. The number of rotatable bonds is 3. The van der Waals surface area contributed by atoms with E-state index < -0.39 is 0 Å². The average Bonchev–Trinajstić information content (AvgIpc) is 3.58. The van der Waals surface area contributed by atoms with E-state index in [4.69, 9.17) is 5.10 Å². The maximum Gasteiger partial charge on any atom is 0.139 e. The van der Waals surface area contributed by atoms with Crippen molar-refractivity contribution in [2.24, 2.45) is 7.05 Å². The Morgan fingerprint density at radius 3 is 2.16 bits per heavy atom. The summed E-state index contributed by atoms with van der Waals surface area (Å²) < 4.78 is 6.57. The third kappa shape index (κ3) is 3.94. The molecular weight excluding hydrogens is 466 g/mol. The summed E-state index contributed by atoms with van der Waals surface area (Å²) in [6.07, 6.45) is 3.83. The zero-order valence-electron chi connectivity index (χ0n) is 23.3. The highest BCUT2D eigenvalue weighted by Crippen LogP contribution is 2.36. The quantitative estimate of drug-likeness (QED) is 0.247. The number of aryl methyl sites for hydroxylation is 1. The van der Waals surface area contributed by atoms with Gasteiger partial charge in [-0.05, 0) is 36.4 Å². The van der Waals surface area contributed by atoms with E-state index in [1.54, 1.807) is 0 Å². The second-order valence-electron chi connectivity index (χ2n) is 12.3. The van der Waals surface area contributed by atoms with Crippen LogP contribution in [0.15, 0.2) is 85.2 Å². The van der Waals surface area contributed by atoms with Crippen LogP contribution in [-0.4, -0.2) is 23.9 Å². The van der Waals surface area contributed by atoms with Crippen LogP contribution in [0.1, 0.15) is 52.9 Å². The molecule has 0 amide bonds. The molecule has 38 heavy (non-hydrogen) atoms. The zero-order valence-corrected chi connectivity index (χ0v) is 23.3. The molecule has 0 bridgehead atoms. The number of para-hydroxylation sites is 1.